The van der Waals surface area contributed by atoms with E-state index in [4.69, 9.17) is 9.15 Å². The van der Waals surface area contributed by atoms with Gasteiger partial charge < -0.3 is 19.8 Å². The zero-order valence-electron chi connectivity index (χ0n) is 15.6. The fourth-order valence-corrected chi connectivity index (χ4v) is 3.17. The molecule has 3 N–H and O–H groups in total. The van der Waals surface area contributed by atoms with E-state index >= 15 is 0 Å². The van der Waals surface area contributed by atoms with Gasteiger partial charge in [0, 0.05) is 5.69 Å². The van der Waals surface area contributed by atoms with Gasteiger partial charge in [0.1, 0.15) is 17.3 Å². The van der Waals surface area contributed by atoms with Crippen LogP contribution in [0.15, 0.2) is 47.1 Å². The van der Waals surface area contributed by atoms with E-state index in [1.54, 1.807) is 24.3 Å². The van der Waals surface area contributed by atoms with Crippen LogP contribution < -0.4 is 20.1 Å². The van der Waals surface area contributed by atoms with Crippen molar-refractivity contribution in [2.24, 2.45) is 0 Å². The Balaban J connectivity index is 1.76. The second-order valence-electron chi connectivity index (χ2n) is 6.18. The quantitative estimate of drug-likeness (QED) is 0.542. The maximum atomic E-state index is 12.1. The van der Waals surface area contributed by atoms with Crippen LogP contribution in [0, 0.1) is 0 Å². The smallest absolute Gasteiger partial charge is 0.241 e. The number of benzene rings is 1. The van der Waals surface area contributed by atoms with Gasteiger partial charge in [0.15, 0.2) is 0 Å². The molecule has 0 fully saturated rings. The molecule has 0 aliphatic heterocycles. The molecule has 0 aliphatic carbocycles. The third-order valence-corrected chi connectivity index (χ3v) is 4.50. The van der Waals surface area contributed by atoms with Gasteiger partial charge in [0.25, 0.3) is 0 Å². The fourth-order valence-electron chi connectivity index (χ4n) is 2.15. The molecule has 152 valence electrons. The van der Waals surface area contributed by atoms with Gasteiger partial charge in [-0.2, -0.15) is 0 Å². The summed E-state index contributed by atoms with van der Waals surface area (Å²) < 4.78 is 37.0. The predicted molar refractivity (Wildman–Crippen MR) is 103 cm³/mol. The lowest BCUT2D eigenvalue weighted by Gasteiger charge is -2.11. The van der Waals surface area contributed by atoms with Crippen molar-refractivity contribution in [2.45, 2.75) is 26.5 Å². The molecule has 0 bridgehead atoms. The highest BCUT2D eigenvalue weighted by atomic mass is 32.2. The summed E-state index contributed by atoms with van der Waals surface area (Å²) in [4.78, 5) is 23.5. The van der Waals surface area contributed by atoms with Gasteiger partial charge in [-0.05, 0) is 50.2 Å². The number of sulfonamides is 1. The average molecular weight is 409 g/mol. The second-order valence-corrected chi connectivity index (χ2v) is 7.91. The Morgan fingerprint density at radius 2 is 1.79 bits per heavy atom. The molecular weight excluding hydrogens is 386 g/mol. The van der Waals surface area contributed by atoms with E-state index in [1.807, 2.05) is 13.8 Å². The molecule has 1 aromatic heterocycles. The molecule has 2 rings (SSSR count). The summed E-state index contributed by atoms with van der Waals surface area (Å²) in [6, 6.07) is 9.71. The number of hydrogen-bond acceptors (Lipinski definition) is 6. The number of furan rings is 1. The summed E-state index contributed by atoms with van der Waals surface area (Å²) >= 11 is 0. The maximum absolute atomic E-state index is 12.1. The van der Waals surface area contributed by atoms with Crippen molar-refractivity contribution in [2.75, 3.05) is 17.0 Å². The van der Waals surface area contributed by atoms with Crippen molar-refractivity contribution < 1.29 is 27.2 Å². The number of ether oxygens (including phenoxy) is 1. The number of nitrogens with one attached hydrogen (secondary N) is 3. The van der Waals surface area contributed by atoms with E-state index in [0.717, 1.165) is 0 Å². The highest BCUT2D eigenvalue weighted by Crippen LogP contribution is 2.17. The van der Waals surface area contributed by atoms with Crippen LogP contribution in [0.4, 0.5) is 5.69 Å². The summed E-state index contributed by atoms with van der Waals surface area (Å²) in [7, 11) is -3.91. The summed E-state index contributed by atoms with van der Waals surface area (Å²) in [6.45, 7) is 3.60. The van der Waals surface area contributed by atoms with E-state index < -0.39 is 27.6 Å². The molecule has 0 spiro atoms. The van der Waals surface area contributed by atoms with Gasteiger partial charge in [-0.15, -0.1) is 0 Å². The van der Waals surface area contributed by atoms with E-state index in [-0.39, 0.29) is 19.2 Å². The zero-order valence-corrected chi connectivity index (χ0v) is 16.4. The molecule has 10 heteroatoms. The molecule has 0 saturated heterocycles. The molecule has 28 heavy (non-hydrogen) atoms. The minimum Gasteiger partial charge on any atom is -0.491 e. The van der Waals surface area contributed by atoms with E-state index in [2.05, 4.69) is 15.4 Å². The Bertz CT molecular complexity index is 877. The standard InChI is InChI=1S/C18H23N3O6S/c1-13(2)27-15-7-5-14(6-8-15)21-28(24,25)12-18(23)20-11-17(22)19-10-16-4-3-9-26-16/h3-9,13,21H,10-12H2,1-2H3,(H,19,22)(H,20,23). The van der Waals surface area contributed by atoms with Gasteiger partial charge in [-0.1, -0.05) is 0 Å². The van der Waals surface area contributed by atoms with Crippen LogP contribution in [0.2, 0.25) is 0 Å². The van der Waals surface area contributed by atoms with Crippen molar-refractivity contribution in [1.82, 2.24) is 10.6 Å². The number of carbonyl (C=O) groups excluding carboxylic acids is 2. The van der Waals surface area contributed by atoms with Crippen LogP contribution in [0.25, 0.3) is 0 Å². The third kappa shape index (κ3) is 7.70. The Kier molecular flexibility index (Phi) is 7.44. The fraction of sp³-hybridized carbons (Fsp3) is 0.333. The van der Waals surface area contributed by atoms with E-state index in [9.17, 15) is 18.0 Å². The summed E-state index contributed by atoms with van der Waals surface area (Å²) in [5, 5.41) is 4.80. The Morgan fingerprint density at radius 1 is 1.07 bits per heavy atom. The summed E-state index contributed by atoms with van der Waals surface area (Å²) in [5.41, 5.74) is 0.306. The van der Waals surface area contributed by atoms with Gasteiger partial charge in [-0.25, -0.2) is 8.42 Å². The van der Waals surface area contributed by atoms with Crippen LogP contribution in [0.1, 0.15) is 19.6 Å². The molecule has 2 aromatic rings. The average Bonchev–Trinajstić information content (AvgIpc) is 3.12. The number of rotatable bonds is 10. The van der Waals surface area contributed by atoms with Crippen LogP contribution in [0.3, 0.4) is 0 Å². The SMILES string of the molecule is CC(C)Oc1ccc(NS(=O)(=O)CC(=O)NCC(=O)NCc2ccco2)cc1. The Labute approximate surface area is 163 Å². The minimum absolute atomic E-state index is 0.00233. The largest absolute Gasteiger partial charge is 0.491 e. The topological polar surface area (TPSA) is 127 Å². The van der Waals surface area contributed by atoms with Crippen LogP contribution >= 0.6 is 0 Å². The molecule has 1 heterocycles. The molecule has 2 amide bonds. The zero-order chi connectivity index (χ0) is 20.6. The molecular formula is C18H23N3O6S. The van der Waals surface area contributed by atoms with Crippen molar-refractivity contribution in [3.05, 3.63) is 48.4 Å². The lowest BCUT2D eigenvalue weighted by Crippen LogP contribution is -2.39. The first-order chi connectivity index (χ1) is 13.2. The lowest BCUT2D eigenvalue weighted by atomic mass is 10.3. The van der Waals surface area contributed by atoms with Gasteiger partial charge in [-0.3, -0.25) is 14.3 Å². The van der Waals surface area contributed by atoms with Crippen molar-refractivity contribution in [3.8, 4) is 5.75 Å². The molecule has 0 saturated carbocycles. The van der Waals surface area contributed by atoms with Crippen LogP contribution in [-0.4, -0.2) is 38.6 Å². The Hall–Kier alpha value is -3.01. The molecule has 0 unspecified atom stereocenters. The van der Waals surface area contributed by atoms with Gasteiger partial charge >= 0.3 is 0 Å². The normalized spacial score (nSPS) is 11.1. The second kappa shape index (κ2) is 9.79. The highest BCUT2D eigenvalue weighted by Gasteiger charge is 2.17. The maximum Gasteiger partial charge on any atom is 0.241 e. The minimum atomic E-state index is -3.91. The summed E-state index contributed by atoms with van der Waals surface area (Å²) in [5.74, 6) is -0.883. The molecule has 9 nitrogen and oxygen atoms in total. The first kappa shape index (κ1) is 21.3. The molecule has 0 radical (unpaired) electrons. The van der Waals surface area contributed by atoms with E-state index in [0.29, 0.717) is 17.2 Å². The van der Waals surface area contributed by atoms with Crippen LogP contribution in [0.5, 0.6) is 5.75 Å². The monoisotopic (exact) mass is 409 g/mol. The number of carbonyl (C=O) groups is 2. The Morgan fingerprint density at radius 3 is 2.39 bits per heavy atom. The van der Waals surface area contributed by atoms with Crippen molar-refractivity contribution >= 4 is 27.5 Å². The first-order valence-corrected chi connectivity index (χ1v) is 10.2. The summed E-state index contributed by atoms with van der Waals surface area (Å²) in [6.07, 6.45) is 1.48. The number of hydrogen-bond donors (Lipinski definition) is 3. The van der Waals surface area contributed by atoms with Gasteiger partial charge in [0.05, 0.1) is 25.5 Å². The van der Waals surface area contributed by atoms with Crippen LogP contribution in [-0.2, 0) is 26.2 Å². The van der Waals surface area contributed by atoms with E-state index in [1.165, 1.54) is 18.4 Å². The molecule has 0 aliphatic rings. The number of amides is 2. The third-order valence-electron chi connectivity index (χ3n) is 3.31. The molecule has 1 aromatic carbocycles. The molecule has 0 atom stereocenters. The van der Waals surface area contributed by atoms with Crippen molar-refractivity contribution in [1.29, 1.82) is 0 Å². The van der Waals surface area contributed by atoms with Gasteiger partial charge in [0.2, 0.25) is 21.8 Å². The number of anilines is 1. The lowest BCUT2D eigenvalue weighted by molar-refractivity contribution is -0.125. The predicted octanol–water partition coefficient (Wildman–Crippen LogP) is 1.24. The van der Waals surface area contributed by atoms with Crippen molar-refractivity contribution in [3.63, 3.8) is 0 Å². The highest BCUT2D eigenvalue weighted by molar-refractivity contribution is 7.93. The first-order valence-electron chi connectivity index (χ1n) is 8.56.